The molecule has 26 heavy (non-hydrogen) atoms. The molecule has 0 aliphatic rings. The van der Waals surface area contributed by atoms with Gasteiger partial charge in [-0.05, 0) is 35.9 Å². The van der Waals surface area contributed by atoms with Crippen molar-refractivity contribution in [1.29, 1.82) is 0 Å². The zero-order valence-electron chi connectivity index (χ0n) is 13.9. The van der Waals surface area contributed by atoms with Crippen LogP contribution in [0.1, 0.15) is 5.56 Å². The molecule has 3 aromatic heterocycles. The largest absolute Gasteiger partial charge is 0.489 e. The molecule has 0 saturated heterocycles. The topological polar surface area (TPSA) is 66.6 Å². The Kier molecular flexibility index (Phi) is 3.42. The molecule has 0 amide bonds. The summed E-state index contributed by atoms with van der Waals surface area (Å²) in [6.07, 6.45) is 1.78. The third kappa shape index (κ3) is 2.59. The maximum absolute atomic E-state index is 5.92. The molecule has 5 rings (SSSR count). The molecule has 2 N–H and O–H groups in total. The molecule has 0 fully saturated rings. The molecule has 0 spiro atoms. The molecular weight excluding hydrogens is 324 g/mol. The summed E-state index contributed by atoms with van der Waals surface area (Å²) < 4.78 is 5.92. The minimum absolute atomic E-state index is 0.549. The van der Waals surface area contributed by atoms with Gasteiger partial charge in [0.25, 0.3) is 0 Å². The quantitative estimate of drug-likeness (QED) is 0.499. The average Bonchev–Trinajstić information content (AvgIpc) is 3.30. The molecule has 2 aromatic carbocycles. The van der Waals surface area contributed by atoms with Crippen LogP contribution in [0.2, 0.25) is 0 Å². The predicted molar refractivity (Wildman–Crippen MR) is 102 cm³/mol. The van der Waals surface area contributed by atoms with Crippen molar-refractivity contribution in [2.24, 2.45) is 0 Å². The fourth-order valence-electron chi connectivity index (χ4n) is 3.11. The van der Waals surface area contributed by atoms with Gasteiger partial charge in [0.05, 0.1) is 11.2 Å². The lowest BCUT2D eigenvalue weighted by atomic mass is 10.2. The first-order valence-electron chi connectivity index (χ1n) is 8.46. The number of rotatable bonds is 4. The number of ether oxygens (including phenoxy) is 1. The first kappa shape index (κ1) is 14.7. The third-order valence-electron chi connectivity index (χ3n) is 4.42. The highest BCUT2D eigenvalue weighted by Gasteiger charge is 2.12. The maximum atomic E-state index is 5.92. The molecule has 0 bridgehead atoms. The molecule has 3 heterocycles. The SMILES string of the molecule is c1ccc(COc2ccc3cc(-c4n[nH]c5cccnc45)[nH]c3c2)cc1. The summed E-state index contributed by atoms with van der Waals surface area (Å²) in [7, 11) is 0. The van der Waals surface area contributed by atoms with E-state index in [1.54, 1.807) is 6.20 Å². The molecule has 126 valence electrons. The van der Waals surface area contributed by atoms with E-state index in [9.17, 15) is 0 Å². The van der Waals surface area contributed by atoms with Gasteiger partial charge in [0, 0.05) is 23.2 Å². The summed E-state index contributed by atoms with van der Waals surface area (Å²) in [5.41, 5.74) is 5.70. The zero-order valence-corrected chi connectivity index (χ0v) is 13.9. The number of H-pyrrole nitrogens is 2. The summed E-state index contributed by atoms with van der Waals surface area (Å²) in [4.78, 5) is 7.86. The van der Waals surface area contributed by atoms with Crippen LogP contribution in [-0.2, 0) is 6.61 Å². The highest BCUT2D eigenvalue weighted by molar-refractivity contribution is 5.93. The normalized spacial score (nSPS) is 11.2. The lowest BCUT2D eigenvalue weighted by molar-refractivity contribution is 0.306. The Bertz CT molecular complexity index is 1190. The van der Waals surface area contributed by atoms with Crippen LogP contribution in [0.15, 0.2) is 72.9 Å². The first-order valence-corrected chi connectivity index (χ1v) is 8.46. The van der Waals surface area contributed by atoms with Crippen molar-refractivity contribution < 1.29 is 4.74 Å². The summed E-state index contributed by atoms with van der Waals surface area (Å²) in [5.74, 6) is 0.833. The fraction of sp³-hybridized carbons (Fsp3) is 0.0476. The second-order valence-corrected chi connectivity index (χ2v) is 6.18. The number of hydrogen-bond donors (Lipinski definition) is 2. The van der Waals surface area contributed by atoms with Crippen LogP contribution in [0.25, 0.3) is 33.3 Å². The van der Waals surface area contributed by atoms with E-state index in [1.807, 2.05) is 42.5 Å². The van der Waals surface area contributed by atoms with E-state index in [-0.39, 0.29) is 0 Å². The van der Waals surface area contributed by atoms with Gasteiger partial charge in [0.2, 0.25) is 0 Å². The highest BCUT2D eigenvalue weighted by atomic mass is 16.5. The maximum Gasteiger partial charge on any atom is 0.135 e. The average molecular weight is 340 g/mol. The number of aromatic amines is 2. The molecule has 0 saturated carbocycles. The fourth-order valence-corrected chi connectivity index (χ4v) is 3.11. The van der Waals surface area contributed by atoms with E-state index in [4.69, 9.17) is 4.74 Å². The zero-order chi connectivity index (χ0) is 17.3. The number of nitrogens with zero attached hydrogens (tertiary/aromatic N) is 2. The Morgan fingerprint density at radius 2 is 1.81 bits per heavy atom. The molecule has 0 aliphatic carbocycles. The highest BCUT2D eigenvalue weighted by Crippen LogP contribution is 2.29. The Morgan fingerprint density at radius 1 is 0.885 bits per heavy atom. The van der Waals surface area contributed by atoms with Gasteiger partial charge in [-0.2, -0.15) is 5.10 Å². The van der Waals surface area contributed by atoms with Crippen molar-refractivity contribution in [2.75, 3.05) is 0 Å². The van der Waals surface area contributed by atoms with Crippen molar-refractivity contribution in [1.82, 2.24) is 20.2 Å². The number of hydrogen-bond acceptors (Lipinski definition) is 3. The molecule has 0 atom stereocenters. The number of pyridine rings is 1. The molecule has 5 aromatic rings. The van der Waals surface area contributed by atoms with Crippen LogP contribution in [0.3, 0.4) is 0 Å². The lowest BCUT2D eigenvalue weighted by Crippen LogP contribution is -1.94. The molecular formula is C21H16N4O. The summed E-state index contributed by atoms with van der Waals surface area (Å²) in [6.45, 7) is 0.549. The van der Waals surface area contributed by atoms with Crippen molar-refractivity contribution in [2.45, 2.75) is 6.61 Å². The molecule has 5 heteroatoms. The molecule has 0 unspecified atom stereocenters. The van der Waals surface area contributed by atoms with E-state index >= 15 is 0 Å². The van der Waals surface area contributed by atoms with Crippen LogP contribution in [0.4, 0.5) is 0 Å². The van der Waals surface area contributed by atoms with Gasteiger partial charge < -0.3 is 9.72 Å². The van der Waals surface area contributed by atoms with Crippen LogP contribution in [0, 0.1) is 0 Å². The number of nitrogens with one attached hydrogen (secondary N) is 2. The van der Waals surface area contributed by atoms with Gasteiger partial charge in [0.1, 0.15) is 23.6 Å². The summed E-state index contributed by atoms with van der Waals surface area (Å²) in [6, 6.07) is 22.2. The van der Waals surface area contributed by atoms with Gasteiger partial charge in [-0.15, -0.1) is 0 Å². The third-order valence-corrected chi connectivity index (χ3v) is 4.42. The molecule has 5 nitrogen and oxygen atoms in total. The van der Waals surface area contributed by atoms with E-state index in [0.717, 1.165) is 44.6 Å². The first-order chi connectivity index (χ1) is 12.9. The Labute approximate surface area is 149 Å². The van der Waals surface area contributed by atoms with E-state index in [1.165, 1.54) is 0 Å². The second kappa shape index (κ2) is 6.04. The van der Waals surface area contributed by atoms with Crippen molar-refractivity contribution >= 4 is 21.9 Å². The van der Waals surface area contributed by atoms with E-state index < -0.39 is 0 Å². The smallest absolute Gasteiger partial charge is 0.135 e. The molecule has 0 aliphatic heterocycles. The number of benzene rings is 2. The van der Waals surface area contributed by atoms with Gasteiger partial charge in [-0.3, -0.25) is 10.1 Å². The second-order valence-electron chi connectivity index (χ2n) is 6.18. The Hall–Kier alpha value is -3.60. The van der Waals surface area contributed by atoms with Gasteiger partial charge in [0.15, 0.2) is 0 Å². The van der Waals surface area contributed by atoms with Gasteiger partial charge >= 0.3 is 0 Å². The van der Waals surface area contributed by atoms with Crippen LogP contribution < -0.4 is 4.74 Å². The Morgan fingerprint density at radius 3 is 2.73 bits per heavy atom. The number of fused-ring (bicyclic) bond motifs is 2. The van der Waals surface area contributed by atoms with Crippen molar-refractivity contribution in [3.63, 3.8) is 0 Å². The van der Waals surface area contributed by atoms with Crippen LogP contribution in [-0.4, -0.2) is 20.2 Å². The minimum atomic E-state index is 0.549. The van der Waals surface area contributed by atoms with Crippen LogP contribution in [0.5, 0.6) is 5.75 Å². The Balaban J connectivity index is 1.46. The number of aromatic nitrogens is 4. The van der Waals surface area contributed by atoms with Gasteiger partial charge in [-0.1, -0.05) is 30.3 Å². The summed E-state index contributed by atoms with van der Waals surface area (Å²) in [5, 5.41) is 8.54. The minimum Gasteiger partial charge on any atom is -0.489 e. The standard InChI is InChI=1S/C21H16N4O/c1-2-5-14(6-3-1)13-26-16-9-8-15-11-19(23-18(15)12-16)21-20-17(24-25-21)7-4-10-22-20/h1-12,23H,13H2,(H,24,25). The van der Waals surface area contributed by atoms with Gasteiger partial charge in [-0.25, -0.2) is 0 Å². The predicted octanol–water partition coefficient (Wildman–Crippen LogP) is 4.69. The van der Waals surface area contributed by atoms with Crippen LogP contribution >= 0.6 is 0 Å². The van der Waals surface area contributed by atoms with E-state index in [2.05, 4.69) is 44.4 Å². The van der Waals surface area contributed by atoms with Crippen molar-refractivity contribution in [3.8, 4) is 17.1 Å². The summed E-state index contributed by atoms with van der Waals surface area (Å²) >= 11 is 0. The monoisotopic (exact) mass is 340 g/mol. The van der Waals surface area contributed by atoms with E-state index in [0.29, 0.717) is 6.61 Å². The lowest BCUT2D eigenvalue weighted by Gasteiger charge is -2.06. The molecule has 0 radical (unpaired) electrons. The van der Waals surface area contributed by atoms with Crippen molar-refractivity contribution in [3.05, 3.63) is 78.5 Å².